The number of hydrogen-bond donors (Lipinski definition) is 0. The summed E-state index contributed by atoms with van der Waals surface area (Å²) < 4.78 is 2.66. The number of rotatable bonds is 6. The molecule has 0 saturated carbocycles. The molecule has 0 N–H and O–H groups in total. The van der Waals surface area contributed by atoms with Gasteiger partial charge in [0.25, 0.3) is 0 Å². The highest BCUT2D eigenvalue weighted by molar-refractivity contribution is 7.25. The molecule has 2 atom stereocenters. The number of anilines is 3. The summed E-state index contributed by atoms with van der Waals surface area (Å²) in [5.41, 5.74) is 18.4. The van der Waals surface area contributed by atoms with Crippen molar-refractivity contribution in [3.63, 3.8) is 0 Å². The van der Waals surface area contributed by atoms with Gasteiger partial charge in [-0.1, -0.05) is 158 Å². The van der Waals surface area contributed by atoms with Crippen LogP contribution in [0, 0.1) is 0 Å². The first-order valence-corrected chi connectivity index (χ1v) is 21.7. The van der Waals surface area contributed by atoms with Crippen LogP contribution < -0.4 is 4.90 Å². The van der Waals surface area contributed by atoms with Crippen LogP contribution in [-0.2, 0) is 10.8 Å². The zero-order valence-corrected chi connectivity index (χ0v) is 34.4. The van der Waals surface area contributed by atoms with Crippen molar-refractivity contribution in [3.05, 3.63) is 246 Å². The predicted octanol–water partition coefficient (Wildman–Crippen LogP) is 15.9. The maximum absolute atomic E-state index is 2.47. The molecule has 0 radical (unpaired) electrons. The number of nitrogens with zero attached hydrogens (tertiary/aromatic N) is 1. The van der Waals surface area contributed by atoms with Crippen LogP contribution in [0.1, 0.15) is 47.2 Å². The second-order valence-electron chi connectivity index (χ2n) is 16.7. The van der Waals surface area contributed by atoms with Gasteiger partial charge in [-0.15, -0.1) is 11.3 Å². The number of fused-ring (bicyclic) bond motifs is 9. The van der Waals surface area contributed by atoms with Gasteiger partial charge in [0.15, 0.2) is 0 Å². The molecule has 1 nitrogen and oxygen atoms in total. The minimum Gasteiger partial charge on any atom is -0.310 e. The lowest BCUT2D eigenvalue weighted by molar-refractivity contribution is 0.713. The quantitative estimate of drug-likeness (QED) is 0.162. The van der Waals surface area contributed by atoms with Crippen molar-refractivity contribution in [2.24, 2.45) is 0 Å². The SMILES string of the molecule is CC1(c2ccccc2)c2ccccc2-c2ccc(N(c3ccc(-c4ccc5sc6ccccc6c5c4)cc3)c3ccc4c(c3)C(C)(c3ccccc3)c3ccccc3-4)cc21. The summed E-state index contributed by atoms with van der Waals surface area (Å²) in [5, 5.41) is 2.64. The van der Waals surface area contributed by atoms with Gasteiger partial charge in [0, 0.05) is 48.1 Å². The highest BCUT2D eigenvalue weighted by atomic mass is 32.1. The van der Waals surface area contributed by atoms with Crippen molar-refractivity contribution < 1.29 is 0 Å². The maximum atomic E-state index is 2.47. The lowest BCUT2D eigenvalue weighted by Gasteiger charge is -2.32. The van der Waals surface area contributed by atoms with E-state index in [2.05, 4.69) is 231 Å². The van der Waals surface area contributed by atoms with Crippen LogP contribution in [0.4, 0.5) is 17.1 Å². The van der Waals surface area contributed by atoms with Crippen molar-refractivity contribution in [1.82, 2.24) is 0 Å². The van der Waals surface area contributed by atoms with Gasteiger partial charge < -0.3 is 4.90 Å². The van der Waals surface area contributed by atoms with Crippen LogP contribution in [0.3, 0.4) is 0 Å². The molecule has 0 fully saturated rings. The lowest BCUT2D eigenvalue weighted by atomic mass is 9.74. The van der Waals surface area contributed by atoms with Crippen molar-refractivity contribution in [2.45, 2.75) is 24.7 Å². The predicted molar refractivity (Wildman–Crippen MR) is 254 cm³/mol. The third kappa shape index (κ3) is 5.04. The monoisotopic (exact) mass is 783 g/mol. The summed E-state index contributed by atoms with van der Waals surface area (Å²) in [5.74, 6) is 0. The van der Waals surface area contributed by atoms with E-state index in [9.17, 15) is 0 Å². The molecule has 0 bridgehead atoms. The lowest BCUT2D eigenvalue weighted by Crippen LogP contribution is -2.23. The van der Waals surface area contributed by atoms with Crippen molar-refractivity contribution in [3.8, 4) is 33.4 Å². The number of hydrogen-bond acceptors (Lipinski definition) is 2. The molecule has 0 saturated heterocycles. The Hall–Kier alpha value is -7.00. The molecule has 1 heterocycles. The summed E-state index contributed by atoms with van der Waals surface area (Å²) in [4.78, 5) is 2.47. The Balaban J connectivity index is 1.05. The molecule has 2 unspecified atom stereocenters. The molecule has 1 aromatic heterocycles. The van der Waals surface area contributed by atoms with E-state index in [1.165, 1.54) is 86.9 Å². The van der Waals surface area contributed by atoms with Crippen molar-refractivity contribution >= 4 is 48.6 Å². The minimum absolute atomic E-state index is 0.311. The van der Waals surface area contributed by atoms with E-state index >= 15 is 0 Å². The Morgan fingerprint density at radius 3 is 1.37 bits per heavy atom. The Kier molecular flexibility index (Phi) is 7.73. The van der Waals surface area contributed by atoms with E-state index in [0.29, 0.717) is 0 Å². The topological polar surface area (TPSA) is 3.24 Å². The number of benzene rings is 9. The van der Waals surface area contributed by atoms with E-state index < -0.39 is 0 Å². The highest BCUT2D eigenvalue weighted by Gasteiger charge is 2.43. The van der Waals surface area contributed by atoms with Gasteiger partial charge >= 0.3 is 0 Å². The third-order valence-corrected chi connectivity index (χ3v) is 14.8. The number of thiophene rings is 1. The van der Waals surface area contributed by atoms with E-state index in [1.807, 2.05) is 11.3 Å². The first-order chi connectivity index (χ1) is 29.5. The van der Waals surface area contributed by atoms with Gasteiger partial charge in [0.2, 0.25) is 0 Å². The van der Waals surface area contributed by atoms with Crippen LogP contribution in [0.25, 0.3) is 53.6 Å². The van der Waals surface area contributed by atoms with Gasteiger partial charge in [-0.05, 0) is 135 Å². The zero-order valence-electron chi connectivity index (χ0n) is 33.6. The molecule has 0 amide bonds. The normalized spacial score (nSPS) is 17.3. The molecular formula is C58H41NS. The molecule has 10 aromatic rings. The standard InChI is InChI=1S/C58H41NS/c1-57(40-15-5-3-6-16-40)51-22-12-9-19-45(51)47-32-30-43(36-53(47)57)59(42-28-25-38(26-29-42)39-27-34-56-50(35-39)49-21-11-14-24-55(49)60-56)44-31-33-48-46-20-10-13-23-52(46)58(2,54(48)37-44)41-17-7-4-8-18-41/h3-37H,1-2H3. The average molecular weight is 784 g/mol. The van der Waals surface area contributed by atoms with Crippen LogP contribution in [0.2, 0.25) is 0 Å². The molecule has 2 aliphatic carbocycles. The first-order valence-electron chi connectivity index (χ1n) is 20.9. The Morgan fingerprint density at radius 2 is 0.783 bits per heavy atom. The van der Waals surface area contributed by atoms with Gasteiger partial charge in [-0.2, -0.15) is 0 Å². The molecule has 60 heavy (non-hydrogen) atoms. The Bertz CT molecular complexity index is 3140. The summed E-state index contributed by atoms with van der Waals surface area (Å²) >= 11 is 1.87. The second-order valence-corrected chi connectivity index (χ2v) is 17.8. The summed E-state index contributed by atoms with van der Waals surface area (Å²) in [7, 11) is 0. The van der Waals surface area contributed by atoms with Crippen LogP contribution in [0.5, 0.6) is 0 Å². The molecule has 0 aliphatic heterocycles. The van der Waals surface area contributed by atoms with E-state index in [1.54, 1.807) is 0 Å². The van der Waals surface area contributed by atoms with Crippen molar-refractivity contribution in [2.75, 3.05) is 4.90 Å². The van der Waals surface area contributed by atoms with Crippen LogP contribution in [-0.4, -0.2) is 0 Å². The molecule has 12 rings (SSSR count). The summed E-state index contributed by atoms with van der Waals surface area (Å²) in [6.45, 7) is 4.81. The summed E-state index contributed by atoms with van der Waals surface area (Å²) in [6.07, 6.45) is 0. The molecular weight excluding hydrogens is 743 g/mol. The fourth-order valence-corrected chi connectivity index (χ4v) is 11.6. The zero-order chi connectivity index (χ0) is 40.0. The first kappa shape index (κ1) is 35.0. The molecule has 2 aliphatic rings. The molecule has 0 spiro atoms. The van der Waals surface area contributed by atoms with Gasteiger partial charge in [-0.25, -0.2) is 0 Å². The van der Waals surface area contributed by atoms with Crippen LogP contribution in [0.15, 0.2) is 212 Å². The van der Waals surface area contributed by atoms with Crippen molar-refractivity contribution in [1.29, 1.82) is 0 Å². The van der Waals surface area contributed by atoms with Gasteiger partial charge in [0.05, 0.1) is 0 Å². The van der Waals surface area contributed by atoms with E-state index in [4.69, 9.17) is 0 Å². The average Bonchev–Trinajstić information content (AvgIpc) is 3.91. The minimum atomic E-state index is -0.311. The maximum Gasteiger partial charge on any atom is 0.0465 e. The van der Waals surface area contributed by atoms with E-state index in [-0.39, 0.29) is 10.8 Å². The second kappa shape index (κ2) is 13.3. The third-order valence-electron chi connectivity index (χ3n) is 13.6. The summed E-state index contributed by atoms with van der Waals surface area (Å²) in [6, 6.07) is 79.2. The Labute approximate surface area is 355 Å². The molecule has 9 aromatic carbocycles. The van der Waals surface area contributed by atoms with E-state index in [0.717, 1.165) is 17.1 Å². The molecule has 2 heteroatoms. The fraction of sp³-hybridized carbons (Fsp3) is 0.0690. The Morgan fingerprint density at radius 1 is 0.333 bits per heavy atom. The van der Waals surface area contributed by atoms with Crippen LogP contribution >= 0.6 is 11.3 Å². The van der Waals surface area contributed by atoms with Gasteiger partial charge in [0.1, 0.15) is 0 Å². The highest BCUT2D eigenvalue weighted by Crippen LogP contribution is 2.56. The smallest absolute Gasteiger partial charge is 0.0465 e. The van der Waals surface area contributed by atoms with Gasteiger partial charge in [-0.3, -0.25) is 0 Å². The largest absolute Gasteiger partial charge is 0.310 e. The fourth-order valence-electron chi connectivity index (χ4n) is 10.6. The molecule has 284 valence electrons.